The number of carbonyl (C=O) groups is 2. The molecule has 1 aliphatic heterocycles. The van der Waals surface area contributed by atoms with E-state index in [1.165, 1.54) is 30.5 Å². The first-order chi connectivity index (χ1) is 19.2. The van der Waals surface area contributed by atoms with E-state index in [1.807, 2.05) is 24.3 Å². The maximum Gasteiger partial charge on any atom is 0.339 e. The van der Waals surface area contributed by atoms with Gasteiger partial charge in [-0.25, -0.2) is 18.2 Å². The van der Waals surface area contributed by atoms with Gasteiger partial charge in [-0.15, -0.1) is 0 Å². The Morgan fingerprint density at radius 3 is 2.50 bits per heavy atom. The number of esters is 1. The van der Waals surface area contributed by atoms with E-state index < -0.39 is 28.5 Å². The molecule has 5 rings (SSSR count). The first-order valence-corrected chi connectivity index (χ1v) is 14.3. The van der Waals surface area contributed by atoms with E-state index in [4.69, 9.17) is 9.72 Å². The Morgan fingerprint density at radius 1 is 1.02 bits per heavy atom. The molecule has 0 spiro atoms. The number of amides is 1. The van der Waals surface area contributed by atoms with E-state index in [2.05, 4.69) is 33.8 Å². The molecule has 10 nitrogen and oxygen atoms in total. The highest BCUT2D eigenvalue weighted by atomic mass is 32.2. The molecule has 40 heavy (non-hydrogen) atoms. The largest absolute Gasteiger partial charge is 0.452 e. The highest BCUT2D eigenvalue weighted by Gasteiger charge is 2.28. The summed E-state index contributed by atoms with van der Waals surface area (Å²) in [5.41, 5.74) is 3.22. The second kappa shape index (κ2) is 11.4. The molecule has 2 aromatic heterocycles. The molecule has 3 heterocycles. The Hall–Kier alpha value is -4.35. The molecule has 2 aromatic carbocycles. The summed E-state index contributed by atoms with van der Waals surface area (Å²) in [5, 5.41) is 3.32. The molecule has 0 unspecified atom stereocenters. The lowest BCUT2D eigenvalue weighted by molar-refractivity contribution is -0.119. The monoisotopic (exact) mass is 559 g/mol. The van der Waals surface area contributed by atoms with Gasteiger partial charge in [0.1, 0.15) is 5.82 Å². The molecule has 0 atom stereocenters. The molecule has 4 aromatic rings. The van der Waals surface area contributed by atoms with E-state index >= 15 is 0 Å². The summed E-state index contributed by atoms with van der Waals surface area (Å²) >= 11 is 0. The third-order valence-electron chi connectivity index (χ3n) is 6.70. The van der Waals surface area contributed by atoms with Crippen LogP contribution in [0.1, 0.15) is 35.5 Å². The number of sulfonamides is 1. The van der Waals surface area contributed by atoms with Crippen LogP contribution in [-0.2, 0) is 32.5 Å². The highest BCUT2D eigenvalue weighted by Crippen LogP contribution is 2.29. The molecule has 1 aliphatic rings. The zero-order valence-corrected chi connectivity index (χ0v) is 22.9. The summed E-state index contributed by atoms with van der Waals surface area (Å²) in [6.45, 7) is 5.15. The zero-order chi connectivity index (χ0) is 28.3. The van der Waals surface area contributed by atoms with Crippen molar-refractivity contribution in [2.24, 2.45) is 0 Å². The van der Waals surface area contributed by atoms with Gasteiger partial charge < -0.3 is 10.1 Å². The van der Waals surface area contributed by atoms with Crippen LogP contribution >= 0.6 is 0 Å². The minimum Gasteiger partial charge on any atom is -0.452 e. The average molecular weight is 560 g/mol. The number of nitrogens with zero attached hydrogens (tertiary/aromatic N) is 3. The molecular formula is C29H29N5O5S. The number of fused-ring (bicyclic) bond motifs is 2. The summed E-state index contributed by atoms with van der Waals surface area (Å²) < 4.78 is 33.1. The van der Waals surface area contributed by atoms with Crippen molar-refractivity contribution in [1.82, 2.24) is 14.9 Å². The number of nitrogens with one attached hydrogen (secondary N) is 2. The summed E-state index contributed by atoms with van der Waals surface area (Å²) in [6.07, 6.45) is 2.21. The first kappa shape index (κ1) is 27.2. The molecule has 206 valence electrons. The number of pyridine rings is 2. The molecular weight excluding hydrogens is 530 g/mol. The van der Waals surface area contributed by atoms with Crippen molar-refractivity contribution in [3.05, 3.63) is 89.7 Å². The Bertz CT molecular complexity index is 1660. The summed E-state index contributed by atoms with van der Waals surface area (Å²) in [6, 6.07) is 18.3. The van der Waals surface area contributed by atoms with E-state index in [-0.39, 0.29) is 10.7 Å². The maximum absolute atomic E-state index is 13.3. The molecule has 1 amide bonds. The van der Waals surface area contributed by atoms with Crippen molar-refractivity contribution in [1.29, 1.82) is 0 Å². The average Bonchev–Trinajstić information content (AvgIpc) is 2.95. The van der Waals surface area contributed by atoms with Crippen LogP contribution in [0.5, 0.6) is 0 Å². The second-order valence-electron chi connectivity index (χ2n) is 9.71. The number of ether oxygens (including phenoxy) is 1. The van der Waals surface area contributed by atoms with Gasteiger partial charge in [0.05, 0.1) is 16.0 Å². The van der Waals surface area contributed by atoms with Gasteiger partial charge in [-0.1, -0.05) is 24.3 Å². The number of aromatic nitrogens is 2. The van der Waals surface area contributed by atoms with Crippen LogP contribution in [0.15, 0.2) is 77.8 Å². The van der Waals surface area contributed by atoms with E-state index in [9.17, 15) is 18.0 Å². The van der Waals surface area contributed by atoms with Gasteiger partial charge in [0.15, 0.2) is 6.61 Å². The Kier molecular flexibility index (Phi) is 7.76. The number of benzene rings is 2. The SMILES string of the molecule is CC(C)N1CCc2nc3ccccc3c(C(=O)OCC(=O)Nc3ccc(S(=O)(=O)Nc4ccccn4)cc3)c2C1. The first-order valence-electron chi connectivity index (χ1n) is 12.9. The lowest BCUT2D eigenvalue weighted by atomic mass is 9.95. The molecule has 0 fully saturated rings. The minimum atomic E-state index is -3.85. The van der Waals surface area contributed by atoms with Crippen molar-refractivity contribution < 1.29 is 22.7 Å². The van der Waals surface area contributed by atoms with Crippen molar-refractivity contribution in [3.8, 4) is 0 Å². The molecule has 2 N–H and O–H groups in total. The standard InChI is InChI=1S/C29H29N5O5S/c1-19(2)34-16-14-25-23(17-34)28(22-7-3-4-8-24(22)32-25)29(36)39-18-27(35)31-20-10-12-21(13-11-20)40(37,38)33-26-9-5-6-15-30-26/h3-13,15,19H,14,16-18H2,1-2H3,(H,30,33)(H,31,35). The van der Waals surface area contributed by atoms with Crippen molar-refractivity contribution in [2.75, 3.05) is 23.2 Å². The normalized spacial score (nSPS) is 13.6. The third-order valence-corrected chi connectivity index (χ3v) is 8.07. The number of para-hydroxylation sites is 1. The van der Waals surface area contributed by atoms with E-state index in [1.54, 1.807) is 18.2 Å². The lowest BCUT2D eigenvalue weighted by Crippen LogP contribution is -2.37. The van der Waals surface area contributed by atoms with Gasteiger partial charge >= 0.3 is 5.97 Å². The Balaban J connectivity index is 1.27. The number of hydrogen-bond acceptors (Lipinski definition) is 8. The van der Waals surface area contributed by atoms with Crippen molar-refractivity contribution in [2.45, 2.75) is 37.8 Å². The van der Waals surface area contributed by atoms with Crippen LogP contribution in [0.4, 0.5) is 11.5 Å². The van der Waals surface area contributed by atoms with Gasteiger partial charge in [-0.05, 0) is 56.3 Å². The van der Waals surface area contributed by atoms with Crippen molar-refractivity contribution in [3.63, 3.8) is 0 Å². The number of hydrogen-bond donors (Lipinski definition) is 2. The van der Waals surface area contributed by atoms with Gasteiger partial charge in [-0.2, -0.15) is 0 Å². The fourth-order valence-corrected chi connectivity index (χ4v) is 5.63. The van der Waals surface area contributed by atoms with Gasteiger partial charge in [0, 0.05) is 54.1 Å². The van der Waals surface area contributed by atoms with Gasteiger partial charge in [-0.3, -0.25) is 19.4 Å². The smallest absolute Gasteiger partial charge is 0.339 e. The fourth-order valence-electron chi connectivity index (χ4n) is 4.62. The van der Waals surface area contributed by atoms with Gasteiger partial charge in [0.25, 0.3) is 15.9 Å². The quantitative estimate of drug-likeness (QED) is 0.310. The van der Waals surface area contributed by atoms with Gasteiger partial charge in [0.2, 0.25) is 0 Å². The number of rotatable bonds is 8. The maximum atomic E-state index is 13.3. The molecule has 0 saturated heterocycles. The summed E-state index contributed by atoms with van der Waals surface area (Å²) in [4.78, 5) is 37.0. The Labute approximate surface area is 232 Å². The topological polar surface area (TPSA) is 131 Å². The minimum absolute atomic E-state index is 0.00682. The highest BCUT2D eigenvalue weighted by molar-refractivity contribution is 7.92. The summed E-state index contributed by atoms with van der Waals surface area (Å²) in [5.74, 6) is -0.939. The van der Waals surface area contributed by atoms with Crippen LogP contribution in [0, 0.1) is 0 Å². The van der Waals surface area contributed by atoms with E-state index in [0.717, 1.165) is 24.2 Å². The molecule has 0 radical (unpaired) electrons. The molecule has 0 aliphatic carbocycles. The third kappa shape index (κ3) is 5.95. The Morgan fingerprint density at radius 2 is 1.77 bits per heavy atom. The van der Waals surface area contributed by atoms with Crippen LogP contribution in [0.25, 0.3) is 10.9 Å². The van der Waals surface area contributed by atoms with Crippen LogP contribution in [-0.4, -0.2) is 54.4 Å². The van der Waals surface area contributed by atoms with Crippen molar-refractivity contribution >= 4 is 44.3 Å². The van der Waals surface area contributed by atoms with Crippen LogP contribution in [0.3, 0.4) is 0 Å². The van der Waals surface area contributed by atoms with Crippen LogP contribution in [0.2, 0.25) is 0 Å². The number of carbonyl (C=O) groups excluding carboxylic acids is 2. The fraction of sp³-hybridized carbons (Fsp3) is 0.241. The van der Waals surface area contributed by atoms with E-state index in [0.29, 0.717) is 34.7 Å². The summed E-state index contributed by atoms with van der Waals surface area (Å²) in [7, 11) is -3.85. The molecule has 11 heteroatoms. The zero-order valence-electron chi connectivity index (χ0n) is 22.1. The predicted octanol–water partition coefficient (Wildman–Crippen LogP) is 3.99. The second-order valence-corrected chi connectivity index (χ2v) is 11.4. The number of anilines is 2. The van der Waals surface area contributed by atoms with Crippen LogP contribution < -0.4 is 10.0 Å². The lowest BCUT2D eigenvalue weighted by Gasteiger charge is -2.32. The molecule has 0 saturated carbocycles. The molecule has 0 bridgehead atoms. The predicted molar refractivity (Wildman–Crippen MR) is 151 cm³/mol.